The van der Waals surface area contributed by atoms with Crippen molar-refractivity contribution in [1.29, 1.82) is 0 Å². The maximum atomic E-state index is 5.84. The van der Waals surface area contributed by atoms with Crippen molar-refractivity contribution in [2.24, 2.45) is 5.92 Å². The molecule has 1 aromatic carbocycles. The van der Waals surface area contributed by atoms with Crippen LogP contribution in [0.1, 0.15) is 32.3 Å². The molecule has 3 nitrogen and oxygen atoms in total. The molecule has 2 aromatic rings. The summed E-state index contributed by atoms with van der Waals surface area (Å²) in [5, 5.41) is 0. The lowest BCUT2D eigenvalue weighted by Gasteiger charge is -2.21. The van der Waals surface area contributed by atoms with E-state index in [1.807, 2.05) is 12.1 Å². The molecular formula is C18H21NO2. The van der Waals surface area contributed by atoms with Gasteiger partial charge < -0.3 is 9.47 Å². The van der Waals surface area contributed by atoms with Crippen molar-refractivity contribution in [3.8, 4) is 22.6 Å². The second-order valence-electron chi connectivity index (χ2n) is 5.86. The number of nitrogens with zero attached hydrogens (tertiary/aromatic N) is 1. The molecule has 0 radical (unpaired) electrons. The zero-order valence-corrected chi connectivity index (χ0v) is 12.6. The lowest BCUT2D eigenvalue weighted by atomic mass is 9.98. The molecule has 0 N–H and O–H groups in total. The number of hydrogen-bond acceptors (Lipinski definition) is 3. The first kappa shape index (κ1) is 13.9. The monoisotopic (exact) mass is 283 g/mol. The molecule has 0 saturated heterocycles. The van der Waals surface area contributed by atoms with Gasteiger partial charge in [0, 0.05) is 17.3 Å². The molecule has 0 atom stereocenters. The minimum absolute atomic E-state index is 0.581. The Balaban J connectivity index is 1.72. The summed E-state index contributed by atoms with van der Waals surface area (Å²) in [7, 11) is 0. The van der Waals surface area contributed by atoms with E-state index in [-0.39, 0.29) is 0 Å². The van der Waals surface area contributed by atoms with Crippen LogP contribution >= 0.6 is 0 Å². The minimum atomic E-state index is 0.581. The first-order valence-corrected chi connectivity index (χ1v) is 7.57. The van der Waals surface area contributed by atoms with E-state index in [4.69, 9.17) is 9.47 Å². The largest absolute Gasteiger partial charge is 0.494 e. The number of rotatable bonds is 5. The average Bonchev–Trinajstić information content (AvgIpc) is 2.51. The number of ether oxygens (including phenoxy) is 2. The Kier molecular flexibility index (Phi) is 4.09. The number of fused-ring (bicyclic) bond motifs is 3. The van der Waals surface area contributed by atoms with Crippen LogP contribution in [0.3, 0.4) is 0 Å². The molecule has 3 heteroatoms. The highest BCUT2D eigenvalue weighted by Gasteiger charge is 2.17. The van der Waals surface area contributed by atoms with Crippen molar-refractivity contribution in [1.82, 2.24) is 4.98 Å². The van der Waals surface area contributed by atoms with Gasteiger partial charge in [0.05, 0.1) is 12.8 Å². The maximum absolute atomic E-state index is 5.84. The van der Waals surface area contributed by atoms with Gasteiger partial charge in [-0.05, 0) is 42.5 Å². The molecule has 2 heterocycles. The fourth-order valence-electron chi connectivity index (χ4n) is 2.60. The van der Waals surface area contributed by atoms with Gasteiger partial charge in [0.1, 0.15) is 18.1 Å². The first-order chi connectivity index (χ1) is 10.2. The Morgan fingerprint density at radius 2 is 2.14 bits per heavy atom. The van der Waals surface area contributed by atoms with E-state index < -0.39 is 0 Å². The van der Waals surface area contributed by atoms with Crippen LogP contribution in [0.2, 0.25) is 0 Å². The number of hydrogen-bond donors (Lipinski definition) is 0. The van der Waals surface area contributed by atoms with Crippen molar-refractivity contribution in [3.05, 3.63) is 42.2 Å². The first-order valence-electron chi connectivity index (χ1n) is 7.57. The molecule has 0 bridgehead atoms. The lowest BCUT2D eigenvalue weighted by Crippen LogP contribution is -2.06. The SMILES string of the molecule is CC(C)CCCOc1ccc2c(c1)COc1cnccc1-2. The normalized spacial score (nSPS) is 12.5. The smallest absolute Gasteiger partial charge is 0.145 e. The second kappa shape index (κ2) is 6.17. The molecule has 1 aliphatic rings. The van der Waals surface area contributed by atoms with Gasteiger partial charge in [-0.25, -0.2) is 0 Å². The third kappa shape index (κ3) is 3.18. The fourth-order valence-corrected chi connectivity index (χ4v) is 2.60. The van der Waals surface area contributed by atoms with Crippen LogP contribution in [0.15, 0.2) is 36.7 Å². The molecule has 0 saturated carbocycles. The van der Waals surface area contributed by atoms with E-state index >= 15 is 0 Å². The van der Waals surface area contributed by atoms with Crippen LogP contribution in [0.4, 0.5) is 0 Å². The Bertz CT molecular complexity index is 622. The van der Waals surface area contributed by atoms with Crippen molar-refractivity contribution in [2.45, 2.75) is 33.3 Å². The Morgan fingerprint density at radius 3 is 3.00 bits per heavy atom. The predicted molar refractivity (Wildman–Crippen MR) is 83.6 cm³/mol. The van der Waals surface area contributed by atoms with E-state index in [0.29, 0.717) is 6.61 Å². The average molecular weight is 283 g/mol. The van der Waals surface area contributed by atoms with E-state index in [9.17, 15) is 0 Å². The highest BCUT2D eigenvalue weighted by atomic mass is 16.5. The number of pyridine rings is 1. The molecule has 21 heavy (non-hydrogen) atoms. The van der Waals surface area contributed by atoms with Gasteiger partial charge in [-0.2, -0.15) is 0 Å². The van der Waals surface area contributed by atoms with Crippen molar-refractivity contribution in [2.75, 3.05) is 6.61 Å². The third-order valence-electron chi connectivity index (χ3n) is 3.73. The van der Waals surface area contributed by atoms with Crippen LogP contribution in [-0.4, -0.2) is 11.6 Å². The summed E-state index contributed by atoms with van der Waals surface area (Å²) in [4.78, 5) is 4.10. The van der Waals surface area contributed by atoms with Crippen LogP contribution in [0, 0.1) is 5.92 Å². The van der Waals surface area contributed by atoms with Crippen molar-refractivity contribution < 1.29 is 9.47 Å². The summed E-state index contributed by atoms with van der Waals surface area (Å²) in [6.45, 7) is 5.83. The Labute approximate surface area is 125 Å². The standard InChI is InChI=1S/C18H21NO2/c1-13(2)4-3-9-20-15-5-6-16-14(10-15)12-21-18-11-19-8-7-17(16)18/h5-8,10-11,13H,3-4,9,12H2,1-2H3. The van der Waals surface area contributed by atoms with Gasteiger partial charge in [-0.3, -0.25) is 4.98 Å². The summed E-state index contributed by atoms with van der Waals surface area (Å²) >= 11 is 0. The van der Waals surface area contributed by atoms with E-state index in [2.05, 4.69) is 31.0 Å². The van der Waals surface area contributed by atoms with Gasteiger partial charge in [-0.15, -0.1) is 0 Å². The molecule has 0 spiro atoms. The summed E-state index contributed by atoms with van der Waals surface area (Å²) < 4.78 is 11.6. The molecule has 0 amide bonds. The van der Waals surface area contributed by atoms with E-state index in [1.165, 1.54) is 17.5 Å². The molecule has 1 aliphatic heterocycles. The molecule has 0 unspecified atom stereocenters. The molecule has 0 aliphatic carbocycles. The van der Waals surface area contributed by atoms with Gasteiger partial charge in [-0.1, -0.05) is 19.9 Å². The fraction of sp³-hybridized carbons (Fsp3) is 0.389. The third-order valence-corrected chi connectivity index (χ3v) is 3.73. The van der Waals surface area contributed by atoms with Gasteiger partial charge >= 0.3 is 0 Å². The lowest BCUT2D eigenvalue weighted by molar-refractivity contribution is 0.289. The quantitative estimate of drug-likeness (QED) is 0.759. The summed E-state index contributed by atoms with van der Waals surface area (Å²) in [5.74, 6) is 2.52. The molecular weight excluding hydrogens is 262 g/mol. The van der Waals surface area contributed by atoms with Gasteiger partial charge in [0.25, 0.3) is 0 Å². The van der Waals surface area contributed by atoms with Crippen LogP contribution in [0.5, 0.6) is 11.5 Å². The van der Waals surface area contributed by atoms with E-state index in [0.717, 1.165) is 36.0 Å². The summed E-state index contributed by atoms with van der Waals surface area (Å²) in [6, 6.07) is 8.25. The minimum Gasteiger partial charge on any atom is -0.494 e. The van der Waals surface area contributed by atoms with Gasteiger partial charge in [0.2, 0.25) is 0 Å². The van der Waals surface area contributed by atoms with Crippen molar-refractivity contribution in [3.63, 3.8) is 0 Å². The number of aromatic nitrogens is 1. The topological polar surface area (TPSA) is 31.4 Å². The highest BCUT2D eigenvalue weighted by molar-refractivity contribution is 5.75. The maximum Gasteiger partial charge on any atom is 0.145 e. The zero-order valence-electron chi connectivity index (χ0n) is 12.6. The van der Waals surface area contributed by atoms with Crippen LogP contribution in [-0.2, 0) is 6.61 Å². The highest BCUT2D eigenvalue weighted by Crippen LogP contribution is 2.37. The molecule has 1 aromatic heterocycles. The predicted octanol–water partition coefficient (Wildman–Crippen LogP) is 4.46. The molecule has 110 valence electrons. The van der Waals surface area contributed by atoms with Crippen LogP contribution < -0.4 is 9.47 Å². The van der Waals surface area contributed by atoms with Crippen molar-refractivity contribution >= 4 is 0 Å². The second-order valence-corrected chi connectivity index (χ2v) is 5.86. The molecule has 3 rings (SSSR count). The Morgan fingerprint density at radius 1 is 1.24 bits per heavy atom. The van der Waals surface area contributed by atoms with Gasteiger partial charge in [0.15, 0.2) is 0 Å². The van der Waals surface area contributed by atoms with Crippen LogP contribution in [0.25, 0.3) is 11.1 Å². The zero-order chi connectivity index (χ0) is 14.7. The van der Waals surface area contributed by atoms with E-state index in [1.54, 1.807) is 12.4 Å². The summed E-state index contributed by atoms with van der Waals surface area (Å²) in [6.07, 6.45) is 5.87. The molecule has 0 fully saturated rings. The summed E-state index contributed by atoms with van der Waals surface area (Å²) in [5.41, 5.74) is 3.50. The number of benzene rings is 1. The Hall–Kier alpha value is -2.03.